The van der Waals surface area contributed by atoms with Gasteiger partial charge in [-0.3, -0.25) is 4.57 Å². The summed E-state index contributed by atoms with van der Waals surface area (Å²) < 4.78 is 21.4. The number of nitrogens with zero attached hydrogens (tertiary/aromatic N) is 4. The first kappa shape index (κ1) is 14.4. The summed E-state index contributed by atoms with van der Waals surface area (Å²) in [5, 5.41) is 9.90. The normalized spacial score (nSPS) is 29.6. The summed E-state index contributed by atoms with van der Waals surface area (Å²) in [5.41, 5.74) is 6.30. The molecule has 2 aromatic heterocycles. The van der Waals surface area contributed by atoms with Gasteiger partial charge in [-0.05, 0) is 17.5 Å². The highest BCUT2D eigenvalue weighted by Crippen LogP contribution is 2.36. The number of fused-ring (bicyclic) bond motifs is 1. The first-order chi connectivity index (χ1) is 9.90. The van der Waals surface area contributed by atoms with E-state index in [-0.39, 0.29) is 22.7 Å². The summed E-state index contributed by atoms with van der Waals surface area (Å²) in [6.45, 7) is 3.71. The van der Waals surface area contributed by atoms with E-state index < -0.39 is 24.6 Å². The molecule has 3 heterocycles. The number of rotatable bonds is 2. The third kappa shape index (κ3) is 2.23. The van der Waals surface area contributed by atoms with Crippen molar-refractivity contribution >= 4 is 28.6 Å². The summed E-state index contributed by atoms with van der Waals surface area (Å²) in [6, 6.07) is 0. The smallest absolute Gasteiger partial charge is 0.226 e. The van der Waals surface area contributed by atoms with Crippen LogP contribution in [0.4, 0.5) is 10.2 Å². The van der Waals surface area contributed by atoms with Gasteiger partial charge < -0.3 is 15.6 Å². The molecule has 0 aliphatic carbocycles. The Morgan fingerprint density at radius 3 is 2.81 bits per heavy atom. The lowest BCUT2D eigenvalue weighted by molar-refractivity contribution is -0.0433. The van der Waals surface area contributed by atoms with Crippen LogP contribution in [0.15, 0.2) is 6.33 Å². The van der Waals surface area contributed by atoms with Gasteiger partial charge in [0.2, 0.25) is 5.28 Å². The topological polar surface area (TPSA) is 99.1 Å². The standard InChI is InChI=1S/C12H15ClFN5O2/c1-4(2)8-7(20)5(14)11(21-8)19-3-16-6-9(15)17-12(13)18-10(6)19/h3-5,7-8,11,20H,1-2H3,(H2,15,17,18)/t5?,7-,8-,11-/m1/s1. The molecule has 2 aromatic rings. The van der Waals surface area contributed by atoms with E-state index in [1.165, 1.54) is 10.9 Å². The average molecular weight is 316 g/mol. The first-order valence-corrected chi connectivity index (χ1v) is 6.91. The monoisotopic (exact) mass is 315 g/mol. The maximum absolute atomic E-state index is 14.4. The van der Waals surface area contributed by atoms with Gasteiger partial charge in [0.05, 0.1) is 12.4 Å². The number of aliphatic hydroxyl groups excluding tert-OH is 1. The number of ether oxygens (including phenoxy) is 1. The Labute approximate surface area is 124 Å². The Hall–Kier alpha value is -1.51. The van der Waals surface area contributed by atoms with Gasteiger partial charge in [0.1, 0.15) is 11.6 Å². The Morgan fingerprint density at radius 1 is 1.48 bits per heavy atom. The van der Waals surface area contributed by atoms with E-state index in [1.54, 1.807) is 0 Å². The number of imidazole rings is 1. The van der Waals surface area contributed by atoms with E-state index >= 15 is 0 Å². The van der Waals surface area contributed by atoms with Crippen molar-refractivity contribution in [1.82, 2.24) is 19.5 Å². The van der Waals surface area contributed by atoms with Gasteiger partial charge in [0.15, 0.2) is 23.9 Å². The minimum Gasteiger partial charge on any atom is -0.387 e. The van der Waals surface area contributed by atoms with E-state index in [9.17, 15) is 9.50 Å². The van der Waals surface area contributed by atoms with Gasteiger partial charge in [-0.1, -0.05) is 13.8 Å². The fourth-order valence-electron chi connectivity index (χ4n) is 2.53. The van der Waals surface area contributed by atoms with E-state index in [0.717, 1.165) is 0 Å². The van der Waals surface area contributed by atoms with Crippen molar-refractivity contribution < 1.29 is 14.2 Å². The molecule has 3 N–H and O–H groups in total. The predicted molar refractivity (Wildman–Crippen MR) is 74.4 cm³/mol. The lowest BCUT2D eigenvalue weighted by Crippen LogP contribution is -2.31. The molecule has 4 atom stereocenters. The van der Waals surface area contributed by atoms with Gasteiger partial charge in [-0.2, -0.15) is 9.97 Å². The summed E-state index contributed by atoms with van der Waals surface area (Å²) in [5.74, 6) is 0.0828. The van der Waals surface area contributed by atoms with Crippen molar-refractivity contribution in [2.45, 2.75) is 38.5 Å². The van der Waals surface area contributed by atoms with E-state index in [4.69, 9.17) is 22.1 Å². The maximum Gasteiger partial charge on any atom is 0.226 e. The number of aromatic nitrogens is 4. The van der Waals surface area contributed by atoms with Crippen LogP contribution in [-0.2, 0) is 4.74 Å². The van der Waals surface area contributed by atoms with E-state index in [1.807, 2.05) is 13.8 Å². The molecule has 0 bridgehead atoms. The Kier molecular flexibility index (Phi) is 3.46. The van der Waals surface area contributed by atoms with E-state index in [0.29, 0.717) is 5.52 Å². The summed E-state index contributed by atoms with van der Waals surface area (Å²) in [4.78, 5) is 11.9. The fourth-order valence-corrected chi connectivity index (χ4v) is 2.70. The Balaban J connectivity index is 2.05. The van der Waals surface area contributed by atoms with Crippen LogP contribution >= 0.6 is 11.6 Å². The fraction of sp³-hybridized carbons (Fsp3) is 0.583. The van der Waals surface area contributed by atoms with Crippen molar-refractivity contribution in [3.63, 3.8) is 0 Å². The van der Waals surface area contributed by atoms with Gasteiger partial charge >= 0.3 is 0 Å². The molecule has 7 nitrogen and oxygen atoms in total. The number of nitrogens with two attached hydrogens (primary N) is 1. The molecule has 0 radical (unpaired) electrons. The summed E-state index contributed by atoms with van der Waals surface area (Å²) in [6.07, 6.45) is -3.06. The van der Waals surface area contributed by atoms with Gasteiger partial charge in [0, 0.05) is 0 Å². The molecule has 1 saturated heterocycles. The minimum atomic E-state index is -1.59. The lowest BCUT2D eigenvalue weighted by atomic mass is 10.0. The van der Waals surface area contributed by atoms with Crippen molar-refractivity contribution in [2.24, 2.45) is 5.92 Å². The number of anilines is 1. The number of hydrogen-bond donors (Lipinski definition) is 2. The van der Waals surface area contributed by atoms with Crippen LogP contribution in [0.3, 0.4) is 0 Å². The van der Waals surface area contributed by atoms with Crippen LogP contribution in [0, 0.1) is 5.92 Å². The number of aliphatic hydroxyl groups is 1. The second-order valence-corrected chi connectivity index (χ2v) is 5.71. The molecule has 114 valence electrons. The van der Waals surface area contributed by atoms with Crippen LogP contribution in [0.2, 0.25) is 5.28 Å². The minimum absolute atomic E-state index is 0.0266. The number of halogens is 2. The molecule has 21 heavy (non-hydrogen) atoms. The highest BCUT2D eigenvalue weighted by atomic mass is 35.5. The van der Waals surface area contributed by atoms with Crippen LogP contribution in [0.1, 0.15) is 20.1 Å². The molecule has 0 saturated carbocycles. The lowest BCUT2D eigenvalue weighted by Gasteiger charge is -2.18. The predicted octanol–water partition coefficient (Wildman–Crippen LogP) is 1.31. The van der Waals surface area contributed by atoms with Crippen LogP contribution in [0.5, 0.6) is 0 Å². The third-order valence-electron chi connectivity index (χ3n) is 3.58. The zero-order chi connectivity index (χ0) is 15.3. The summed E-state index contributed by atoms with van der Waals surface area (Å²) in [7, 11) is 0. The van der Waals surface area contributed by atoms with E-state index in [2.05, 4.69) is 15.0 Å². The molecule has 1 aliphatic heterocycles. The van der Waals surface area contributed by atoms with Crippen molar-refractivity contribution in [1.29, 1.82) is 0 Å². The van der Waals surface area contributed by atoms with Gasteiger partial charge in [0.25, 0.3) is 0 Å². The molecular formula is C12H15ClFN5O2. The quantitative estimate of drug-likeness (QED) is 0.811. The summed E-state index contributed by atoms with van der Waals surface area (Å²) >= 11 is 5.78. The number of hydrogen-bond acceptors (Lipinski definition) is 6. The number of nitrogen functional groups attached to an aromatic ring is 1. The van der Waals surface area contributed by atoms with Gasteiger partial charge in [-0.25, -0.2) is 9.37 Å². The largest absolute Gasteiger partial charge is 0.387 e. The van der Waals surface area contributed by atoms with Crippen molar-refractivity contribution in [3.8, 4) is 0 Å². The van der Waals surface area contributed by atoms with Crippen LogP contribution < -0.4 is 5.73 Å². The molecule has 1 unspecified atom stereocenters. The molecule has 9 heteroatoms. The zero-order valence-corrected chi connectivity index (χ0v) is 12.2. The second kappa shape index (κ2) is 5.04. The zero-order valence-electron chi connectivity index (χ0n) is 11.4. The molecule has 1 fully saturated rings. The average Bonchev–Trinajstić information content (AvgIpc) is 2.93. The van der Waals surface area contributed by atoms with Crippen LogP contribution in [0.25, 0.3) is 11.2 Å². The SMILES string of the molecule is CC(C)[C@H]1O[C@@H](n2cnc3c(N)nc(Cl)nc32)C(F)[C@H]1O. The Morgan fingerprint density at radius 2 is 2.19 bits per heavy atom. The molecule has 0 aromatic carbocycles. The molecule has 0 amide bonds. The van der Waals surface area contributed by atoms with Crippen molar-refractivity contribution in [3.05, 3.63) is 11.6 Å². The van der Waals surface area contributed by atoms with Crippen LogP contribution in [-0.4, -0.2) is 43.0 Å². The highest BCUT2D eigenvalue weighted by Gasteiger charge is 2.46. The Bertz CT molecular complexity index is 679. The molecule has 3 rings (SSSR count). The third-order valence-corrected chi connectivity index (χ3v) is 3.75. The number of alkyl halides is 1. The maximum atomic E-state index is 14.4. The first-order valence-electron chi connectivity index (χ1n) is 6.53. The van der Waals surface area contributed by atoms with Gasteiger partial charge in [-0.15, -0.1) is 0 Å². The molecule has 1 aliphatic rings. The second-order valence-electron chi connectivity index (χ2n) is 5.37. The molecule has 0 spiro atoms. The highest BCUT2D eigenvalue weighted by molar-refractivity contribution is 6.28. The van der Waals surface area contributed by atoms with Crippen molar-refractivity contribution in [2.75, 3.05) is 5.73 Å². The molecular weight excluding hydrogens is 301 g/mol.